The van der Waals surface area contributed by atoms with Gasteiger partial charge in [0.2, 0.25) is 0 Å². The minimum atomic E-state index is -0.678. The number of aliphatic carboxylic acids is 1. The third-order valence-electron chi connectivity index (χ3n) is 6.94. The molecule has 4 aliphatic rings. The van der Waals surface area contributed by atoms with Crippen molar-refractivity contribution < 1.29 is 9.90 Å². The Morgan fingerprint density at radius 1 is 1.11 bits per heavy atom. The molecule has 0 radical (unpaired) electrons. The second-order valence-corrected chi connectivity index (χ2v) is 8.04. The van der Waals surface area contributed by atoms with Crippen LogP contribution in [-0.2, 0) is 10.2 Å². The van der Waals surface area contributed by atoms with Gasteiger partial charge in [-0.2, -0.15) is 0 Å². The zero-order valence-electron chi connectivity index (χ0n) is 16.0. The summed E-state index contributed by atoms with van der Waals surface area (Å²) in [4.78, 5) is 12.5. The Morgan fingerprint density at radius 2 is 1.78 bits per heavy atom. The molecule has 4 atom stereocenters. The summed E-state index contributed by atoms with van der Waals surface area (Å²) >= 11 is 0. The minimum absolute atomic E-state index is 0.110. The van der Waals surface area contributed by atoms with Crippen LogP contribution in [0.25, 0.3) is 0 Å². The number of hydrogen-bond donors (Lipinski definition) is 3. The van der Waals surface area contributed by atoms with E-state index in [0.717, 1.165) is 19.4 Å². The van der Waals surface area contributed by atoms with Crippen LogP contribution in [0.1, 0.15) is 35.4 Å². The molecule has 142 valence electrons. The first-order chi connectivity index (χ1) is 13.1. The minimum Gasteiger partial charge on any atom is -0.481 e. The van der Waals surface area contributed by atoms with E-state index in [2.05, 4.69) is 59.2 Å². The summed E-state index contributed by atoms with van der Waals surface area (Å²) in [7, 11) is 3.75. The highest BCUT2D eigenvalue weighted by Crippen LogP contribution is 2.67. The van der Waals surface area contributed by atoms with Crippen LogP contribution in [0.4, 0.5) is 0 Å². The van der Waals surface area contributed by atoms with E-state index >= 15 is 0 Å². The maximum Gasteiger partial charge on any atom is 0.311 e. The molecule has 1 heterocycles. The molecule has 0 aromatic heterocycles. The smallest absolute Gasteiger partial charge is 0.311 e. The van der Waals surface area contributed by atoms with E-state index in [1.807, 2.05) is 20.2 Å². The van der Waals surface area contributed by atoms with Gasteiger partial charge in [0, 0.05) is 30.3 Å². The van der Waals surface area contributed by atoms with Crippen molar-refractivity contribution in [2.24, 2.45) is 11.3 Å². The van der Waals surface area contributed by atoms with Gasteiger partial charge >= 0.3 is 5.97 Å². The second-order valence-electron chi connectivity index (χ2n) is 8.04. The van der Waals surface area contributed by atoms with Crippen molar-refractivity contribution in [1.82, 2.24) is 10.6 Å². The average molecular weight is 364 g/mol. The summed E-state index contributed by atoms with van der Waals surface area (Å²) in [6.07, 6.45) is 2.00. The highest BCUT2D eigenvalue weighted by atomic mass is 16.4. The molecule has 3 N–H and O–H groups in total. The maximum atomic E-state index is 12.5. The molecule has 2 aromatic rings. The van der Waals surface area contributed by atoms with Crippen molar-refractivity contribution in [2.75, 3.05) is 27.2 Å². The van der Waals surface area contributed by atoms with Crippen LogP contribution in [0.5, 0.6) is 0 Å². The van der Waals surface area contributed by atoms with E-state index in [1.54, 1.807) is 0 Å². The van der Waals surface area contributed by atoms with Gasteiger partial charge in [-0.25, -0.2) is 0 Å². The van der Waals surface area contributed by atoms with Crippen LogP contribution < -0.4 is 10.6 Å². The zero-order chi connectivity index (χ0) is 19.1. The number of benzene rings is 2. The SMILES string of the molecule is CNC.O=C(O)C12CNCC1C1(c3ccccc3)CCC2c2ccccc21. The molecular weight excluding hydrogens is 336 g/mol. The van der Waals surface area contributed by atoms with Gasteiger partial charge in [-0.1, -0.05) is 54.6 Å². The third kappa shape index (κ3) is 2.33. The first kappa shape index (κ1) is 18.2. The van der Waals surface area contributed by atoms with E-state index in [0.29, 0.717) is 6.54 Å². The number of carboxylic acids is 1. The number of rotatable bonds is 2. The Bertz CT molecular complexity index is 837. The molecule has 6 rings (SSSR count). The molecule has 2 bridgehead atoms. The number of carbonyl (C=O) groups is 1. The Morgan fingerprint density at radius 3 is 2.48 bits per heavy atom. The standard InChI is InChI=1S/C21H21NO2.C2H7N/c23-19(24)21-13-22-12-18(21)20(14-6-2-1-3-7-14)11-10-17(21)15-8-4-5-9-16(15)20;1-3-2/h1-9,17-18,22H,10-13H2,(H,23,24);3H,1-2H3. The largest absolute Gasteiger partial charge is 0.481 e. The van der Waals surface area contributed by atoms with Crippen molar-refractivity contribution in [3.63, 3.8) is 0 Å². The van der Waals surface area contributed by atoms with Gasteiger partial charge < -0.3 is 15.7 Å². The molecular formula is C23H28N2O2. The number of fused-ring (bicyclic) bond motifs is 1. The number of hydrogen-bond acceptors (Lipinski definition) is 3. The molecule has 1 saturated heterocycles. The third-order valence-corrected chi connectivity index (χ3v) is 6.94. The molecule has 3 aliphatic carbocycles. The van der Waals surface area contributed by atoms with E-state index < -0.39 is 11.4 Å². The van der Waals surface area contributed by atoms with Crippen LogP contribution >= 0.6 is 0 Å². The molecule has 2 aromatic carbocycles. The normalized spacial score (nSPS) is 32.8. The fourth-order valence-electron chi connectivity index (χ4n) is 6.09. The Kier molecular flexibility index (Phi) is 4.57. The summed E-state index contributed by atoms with van der Waals surface area (Å²) in [6, 6.07) is 19.1. The highest BCUT2D eigenvalue weighted by molar-refractivity contribution is 5.80. The molecule has 2 fully saturated rings. The summed E-state index contributed by atoms with van der Waals surface area (Å²) < 4.78 is 0. The number of carboxylic acid groups (broad SMARTS) is 1. The predicted molar refractivity (Wildman–Crippen MR) is 107 cm³/mol. The molecule has 27 heavy (non-hydrogen) atoms. The van der Waals surface area contributed by atoms with E-state index in [9.17, 15) is 9.90 Å². The lowest BCUT2D eigenvalue weighted by molar-refractivity contribution is -0.157. The fourth-order valence-corrected chi connectivity index (χ4v) is 6.09. The molecule has 0 amide bonds. The van der Waals surface area contributed by atoms with Crippen LogP contribution in [0.2, 0.25) is 0 Å². The zero-order valence-corrected chi connectivity index (χ0v) is 16.0. The Balaban J connectivity index is 0.000000565. The topological polar surface area (TPSA) is 61.4 Å². The maximum absolute atomic E-state index is 12.5. The quantitative estimate of drug-likeness (QED) is 0.767. The average Bonchev–Trinajstić information content (AvgIpc) is 3.18. The fraction of sp³-hybridized carbons (Fsp3) is 0.435. The summed E-state index contributed by atoms with van der Waals surface area (Å²) in [5.41, 5.74) is 3.03. The van der Waals surface area contributed by atoms with Crippen molar-refractivity contribution in [3.05, 3.63) is 71.3 Å². The summed E-state index contributed by atoms with van der Waals surface area (Å²) in [5, 5.41) is 16.5. The first-order valence-electron chi connectivity index (χ1n) is 9.80. The molecule has 4 unspecified atom stereocenters. The van der Waals surface area contributed by atoms with Gasteiger partial charge in [0.25, 0.3) is 0 Å². The number of nitrogens with one attached hydrogen (secondary N) is 2. The van der Waals surface area contributed by atoms with Gasteiger partial charge in [0.1, 0.15) is 0 Å². The van der Waals surface area contributed by atoms with Crippen molar-refractivity contribution >= 4 is 5.97 Å². The van der Waals surface area contributed by atoms with Gasteiger partial charge in [0.05, 0.1) is 5.41 Å². The highest BCUT2D eigenvalue weighted by Gasteiger charge is 2.68. The van der Waals surface area contributed by atoms with Crippen LogP contribution in [0.15, 0.2) is 54.6 Å². The van der Waals surface area contributed by atoms with E-state index in [4.69, 9.17) is 0 Å². The first-order valence-corrected chi connectivity index (χ1v) is 9.80. The molecule has 1 saturated carbocycles. The van der Waals surface area contributed by atoms with E-state index in [1.165, 1.54) is 16.7 Å². The van der Waals surface area contributed by atoms with Crippen LogP contribution in [0, 0.1) is 11.3 Å². The predicted octanol–water partition coefficient (Wildman–Crippen LogP) is 2.99. The summed E-state index contributed by atoms with van der Waals surface area (Å²) in [5.74, 6) is -0.396. The molecule has 4 heteroatoms. The van der Waals surface area contributed by atoms with Gasteiger partial charge in [0.15, 0.2) is 0 Å². The Labute approximate surface area is 161 Å². The van der Waals surface area contributed by atoms with Crippen LogP contribution in [0.3, 0.4) is 0 Å². The Hall–Kier alpha value is -2.17. The summed E-state index contributed by atoms with van der Waals surface area (Å²) in [6.45, 7) is 1.37. The molecule has 1 aliphatic heterocycles. The van der Waals surface area contributed by atoms with Gasteiger partial charge in [-0.05, 0) is 43.6 Å². The monoisotopic (exact) mass is 364 g/mol. The molecule has 4 nitrogen and oxygen atoms in total. The second kappa shape index (κ2) is 6.77. The van der Waals surface area contributed by atoms with Crippen molar-refractivity contribution in [2.45, 2.75) is 24.2 Å². The van der Waals surface area contributed by atoms with Crippen molar-refractivity contribution in [1.29, 1.82) is 0 Å². The van der Waals surface area contributed by atoms with Gasteiger partial charge in [-0.15, -0.1) is 0 Å². The van der Waals surface area contributed by atoms with Crippen molar-refractivity contribution in [3.8, 4) is 0 Å². The van der Waals surface area contributed by atoms with Gasteiger partial charge in [-0.3, -0.25) is 4.79 Å². The lowest BCUT2D eigenvalue weighted by atomic mass is 9.42. The lowest BCUT2D eigenvalue weighted by Gasteiger charge is -2.59. The lowest BCUT2D eigenvalue weighted by Crippen LogP contribution is -2.60. The van der Waals surface area contributed by atoms with E-state index in [-0.39, 0.29) is 17.3 Å². The molecule has 0 spiro atoms. The van der Waals surface area contributed by atoms with Crippen LogP contribution in [-0.4, -0.2) is 38.3 Å².